The Morgan fingerprint density at radius 1 is 1.11 bits per heavy atom. The molecule has 2 aromatic carbocycles. The van der Waals surface area contributed by atoms with E-state index in [4.69, 9.17) is 0 Å². The minimum atomic E-state index is -0.334. The number of anilines is 3. The SMILES string of the molecule is CC(=O)N1CCc2ccc(-c3csc(NC(=O)Nc4ccccc4)n3)cc21. The smallest absolute Gasteiger partial charge is 0.312 e. The number of carbonyl (C=O) groups excluding carboxylic acids is 2. The molecule has 0 spiro atoms. The van der Waals surface area contributed by atoms with Crippen LogP contribution in [0.5, 0.6) is 0 Å². The molecule has 0 bridgehead atoms. The molecular formula is C20H18N4O2S. The Labute approximate surface area is 160 Å². The summed E-state index contributed by atoms with van der Waals surface area (Å²) in [6.07, 6.45) is 0.874. The number of para-hydroxylation sites is 1. The first-order valence-electron chi connectivity index (χ1n) is 8.60. The van der Waals surface area contributed by atoms with Gasteiger partial charge in [0.2, 0.25) is 5.91 Å². The van der Waals surface area contributed by atoms with E-state index in [-0.39, 0.29) is 11.9 Å². The van der Waals surface area contributed by atoms with Crippen molar-refractivity contribution in [3.63, 3.8) is 0 Å². The molecule has 0 unspecified atom stereocenters. The highest BCUT2D eigenvalue weighted by Crippen LogP contribution is 2.34. The Kier molecular flexibility index (Phi) is 4.60. The summed E-state index contributed by atoms with van der Waals surface area (Å²) in [7, 11) is 0. The van der Waals surface area contributed by atoms with E-state index < -0.39 is 0 Å². The van der Waals surface area contributed by atoms with Crippen LogP contribution in [0.3, 0.4) is 0 Å². The van der Waals surface area contributed by atoms with E-state index in [0.29, 0.717) is 5.13 Å². The van der Waals surface area contributed by atoms with Crippen LogP contribution in [0.4, 0.5) is 21.3 Å². The van der Waals surface area contributed by atoms with E-state index >= 15 is 0 Å². The zero-order valence-electron chi connectivity index (χ0n) is 14.7. The zero-order valence-corrected chi connectivity index (χ0v) is 15.5. The lowest BCUT2D eigenvalue weighted by molar-refractivity contribution is -0.116. The standard InChI is InChI=1S/C20H18N4O2S/c1-13(25)24-10-9-14-7-8-15(11-18(14)24)17-12-27-20(22-17)23-19(26)21-16-5-3-2-4-6-16/h2-8,11-12H,9-10H2,1H3,(H2,21,22,23,26). The molecule has 0 radical (unpaired) electrons. The summed E-state index contributed by atoms with van der Waals surface area (Å²) < 4.78 is 0. The van der Waals surface area contributed by atoms with E-state index in [0.717, 1.165) is 35.6 Å². The van der Waals surface area contributed by atoms with Crippen molar-refractivity contribution >= 4 is 39.8 Å². The van der Waals surface area contributed by atoms with Gasteiger partial charge in [-0.3, -0.25) is 10.1 Å². The fraction of sp³-hybridized carbons (Fsp3) is 0.150. The van der Waals surface area contributed by atoms with Gasteiger partial charge < -0.3 is 10.2 Å². The molecule has 1 aliphatic rings. The van der Waals surface area contributed by atoms with Gasteiger partial charge in [0.15, 0.2) is 5.13 Å². The maximum Gasteiger partial charge on any atom is 0.325 e. The molecule has 4 rings (SSSR count). The third kappa shape index (κ3) is 3.68. The first-order chi connectivity index (χ1) is 13.1. The minimum Gasteiger partial charge on any atom is -0.312 e. The predicted octanol–water partition coefficient (Wildman–Crippen LogP) is 4.36. The van der Waals surface area contributed by atoms with Crippen LogP contribution >= 0.6 is 11.3 Å². The molecule has 27 heavy (non-hydrogen) atoms. The Morgan fingerprint density at radius 3 is 2.70 bits per heavy atom. The summed E-state index contributed by atoms with van der Waals surface area (Å²) >= 11 is 1.36. The van der Waals surface area contributed by atoms with Crippen LogP contribution in [0.2, 0.25) is 0 Å². The van der Waals surface area contributed by atoms with Crippen molar-refractivity contribution in [1.29, 1.82) is 0 Å². The van der Waals surface area contributed by atoms with Crippen LogP contribution in [-0.4, -0.2) is 23.5 Å². The van der Waals surface area contributed by atoms with E-state index in [1.807, 2.05) is 53.9 Å². The van der Waals surface area contributed by atoms with Crippen molar-refractivity contribution in [3.05, 3.63) is 59.5 Å². The van der Waals surface area contributed by atoms with Crippen molar-refractivity contribution in [1.82, 2.24) is 4.98 Å². The molecule has 0 saturated heterocycles. The van der Waals surface area contributed by atoms with E-state index in [1.165, 1.54) is 16.9 Å². The first kappa shape index (κ1) is 17.2. The highest BCUT2D eigenvalue weighted by molar-refractivity contribution is 7.14. The van der Waals surface area contributed by atoms with Gasteiger partial charge in [-0.15, -0.1) is 11.3 Å². The van der Waals surface area contributed by atoms with Crippen LogP contribution < -0.4 is 15.5 Å². The van der Waals surface area contributed by atoms with Crippen molar-refractivity contribution in [2.75, 3.05) is 22.1 Å². The largest absolute Gasteiger partial charge is 0.325 e. The average Bonchev–Trinajstić information content (AvgIpc) is 3.28. The Hall–Kier alpha value is -3.19. The minimum absolute atomic E-state index is 0.0455. The highest BCUT2D eigenvalue weighted by atomic mass is 32.1. The fourth-order valence-electron chi connectivity index (χ4n) is 3.11. The van der Waals surface area contributed by atoms with Gasteiger partial charge in [-0.1, -0.05) is 30.3 Å². The fourth-order valence-corrected chi connectivity index (χ4v) is 3.83. The van der Waals surface area contributed by atoms with Gasteiger partial charge in [0.1, 0.15) is 0 Å². The normalized spacial score (nSPS) is 12.6. The topological polar surface area (TPSA) is 74.3 Å². The van der Waals surface area contributed by atoms with Gasteiger partial charge in [-0.25, -0.2) is 9.78 Å². The van der Waals surface area contributed by atoms with Crippen LogP contribution in [-0.2, 0) is 11.2 Å². The van der Waals surface area contributed by atoms with Gasteiger partial charge in [0, 0.05) is 35.8 Å². The average molecular weight is 378 g/mol. The molecule has 1 aliphatic heterocycles. The molecule has 2 heterocycles. The Bertz CT molecular complexity index is 1000. The van der Waals surface area contributed by atoms with Crippen LogP contribution in [0.15, 0.2) is 53.9 Å². The number of thiazole rings is 1. The second-order valence-corrected chi connectivity index (χ2v) is 7.11. The van der Waals surface area contributed by atoms with Crippen LogP contribution in [0, 0.1) is 0 Å². The molecule has 6 nitrogen and oxygen atoms in total. The summed E-state index contributed by atoms with van der Waals surface area (Å²) in [5.74, 6) is 0.0455. The van der Waals surface area contributed by atoms with Crippen molar-refractivity contribution < 1.29 is 9.59 Å². The molecule has 3 amide bonds. The summed E-state index contributed by atoms with van der Waals surface area (Å²) in [4.78, 5) is 30.2. The molecule has 2 N–H and O–H groups in total. The Morgan fingerprint density at radius 2 is 1.93 bits per heavy atom. The molecule has 3 aromatic rings. The molecule has 136 valence electrons. The molecule has 0 atom stereocenters. The number of hydrogen-bond donors (Lipinski definition) is 2. The lowest BCUT2D eigenvalue weighted by Gasteiger charge is -2.15. The summed E-state index contributed by atoms with van der Waals surface area (Å²) in [6, 6.07) is 14.9. The summed E-state index contributed by atoms with van der Waals surface area (Å²) in [5, 5.41) is 7.93. The molecule has 0 fully saturated rings. The second-order valence-electron chi connectivity index (χ2n) is 6.25. The van der Waals surface area contributed by atoms with E-state index in [1.54, 1.807) is 11.8 Å². The predicted molar refractivity (Wildman–Crippen MR) is 108 cm³/mol. The van der Waals surface area contributed by atoms with Crippen LogP contribution in [0.25, 0.3) is 11.3 Å². The number of nitrogens with one attached hydrogen (secondary N) is 2. The number of carbonyl (C=O) groups is 2. The number of amides is 3. The van der Waals surface area contributed by atoms with Crippen LogP contribution in [0.1, 0.15) is 12.5 Å². The number of benzene rings is 2. The molecule has 7 heteroatoms. The number of nitrogens with zero attached hydrogens (tertiary/aromatic N) is 2. The van der Waals surface area contributed by atoms with Gasteiger partial charge in [0.25, 0.3) is 0 Å². The Balaban J connectivity index is 1.49. The number of rotatable bonds is 3. The molecule has 1 aromatic heterocycles. The third-order valence-corrected chi connectivity index (χ3v) is 5.17. The van der Waals surface area contributed by atoms with Crippen molar-refractivity contribution in [2.24, 2.45) is 0 Å². The van der Waals surface area contributed by atoms with Gasteiger partial charge in [0.05, 0.1) is 5.69 Å². The first-order valence-corrected chi connectivity index (χ1v) is 9.48. The molecular weight excluding hydrogens is 360 g/mol. The maximum absolute atomic E-state index is 12.1. The van der Waals surface area contributed by atoms with Crippen molar-refractivity contribution in [2.45, 2.75) is 13.3 Å². The highest BCUT2D eigenvalue weighted by Gasteiger charge is 2.22. The van der Waals surface area contributed by atoms with E-state index in [2.05, 4.69) is 15.6 Å². The number of urea groups is 1. The summed E-state index contributed by atoms with van der Waals surface area (Å²) in [5.41, 5.74) is 4.53. The maximum atomic E-state index is 12.1. The third-order valence-electron chi connectivity index (χ3n) is 4.41. The lowest BCUT2D eigenvalue weighted by atomic mass is 10.1. The monoisotopic (exact) mass is 378 g/mol. The zero-order chi connectivity index (χ0) is 18.8. The second kappa shape index (κ2) is 7.20. The lowest BCUT2D eigenvalue weighted by Crippen LogP contribution is -2.25. The van der Waals surface area contributed by atoms with Crippen molar-refractivity contribution in [3.8, 4) is 11.3 Å². The van der Waals surface area contributed by atoms with Gasteiger partial charge in [-0.2, -0.15) is 0 Å². The number of aromatic nitrogens is 1. The quantitative estimate of drug-likeness (QED) is 0.711. The van der Waals surface area contributed by atoms with E-state index in [9.17, 15) is 9.59 Å². The van der Waals surface area contributed by atoms with Gasteiger partial charge in [-0.05, 0) is 30.2 Å². The summed E-state index contributed by atoms with van der Waals surface area (Å²) in [6.45, 7) is 2.30. The molecule has 0 saturated carbocycles. The van der Waals surface area contributed by atoms with Gasteiger partial charge >= 0.3 is 6.03 Å². The number of fused-ring (bicyclic) bond motifs is 1. The number of hydrogen-bond acceptors (Lipinski definition) is 4. The molecule has 0 aliphatic carbocycles.